The van der Waals surface area contributed by atoms with Gasteiger partial charge in [-0.3, -0.25) is 19.3 Å². The van der Waals surface area contributed by atoms with E-state index >= 15 is 0 Å². The third-order valence-electron chi connectivity index (χ3n) is 5.99. The van der Waals surface area contributed by atoms with Crippen LogP contribution in [-0.2, 0) is 16.1 Å². The van der Waals surface area contributed by atoms with Crippen LogP contribution in [0.1, 0.15) is 28.4 Å². The zero-order valence-electron chi connectivity index (χ0n) is 20.4. The van der Waals surface area contributed by atoms with E-state index in [1.165, 1.54) is 23.1 Å². The van der Waals surface area contributed by atoms with Crippen molar-refractivity contribution < 1.29 is 28.2 Å². The van der Waals surface area contributed by atoms with Gasteiger partial charge in [-0.15, -0.1) is 0 Å². The summed E-state index contributed by atoms with van der Waals surface area (Å²) < 4.78 is 24.9. The third-order valence-corrected chi connectivity index (χ3v) is 5.99. The Hall–Kier alpha value is -4.20. The van der Waals surface area contributed by atoms with Gasteiger partial charge in [-0.2, -0.15) is 0 Å². The molecular formula is C28H27FN2O5. The number of hydrogen-bond acceptors (Lipinski definition) is 5. The van der Waals surface area contributed by atoms with Gasteiger partial charge >= 0.3 is 0 Å². The number of carbonyl (C=O) groups is 3. The van der Waals surface area contributed by atoms with Crippen molar-refractivity contribution in [3.63, 3.8) is 0 Å². The minimum absolute atomic E-state index is 0.0119. The van der Waals surface area contributed by atoms with E-state index in [9.17, 15) is 18.8 Å². The van der Waals surface area contributed by atoms with Crippen LogP contribution in [0.5, 0.6) is 11.5 Å². The molecule has 0 radical (unpaired) electrons. The highest BCUT2D eigenvalue weighted by atomic mass is 19.1. The van der Waals surface area contributed by atoms with Crippen molar-refractivity contribution in [1.29, 1.82) is 0 Å². The maximum atomic E-state index is 14.0. The van der Waals surface area contributed by atoms with E-state index in [0.717, 1.165) is 11.1 Å². The number of amides is 2. The van der Waals surface area contributed by atoms with E-state index in [2.05, 4.69) is 0 Å². The second-order valence-corrected chi connectivity index (χ2v) is 8.74. The zero-order chi connectivity index (χ0) is 25.8. The second-order valence-electron chi connectivity index (χ2n) is 8.74. The Morgan fingerprint density at radius 2 is 1.86 bits per heavy atom. The van der Waals surface area contributed by atoms with Gasteiger partial charge in [0.05, 0.1) is 5.69 Å². The lowest BCUT2D eigenvalue weighted by atomic mass is 10.1. The molecule has 1 unspecified atom stereocenters. The molecule has 2 amide bonds. The third kappa shape index (κ3) is 5.38. The fourth-order valence-electron chi connectivity index (χ4n) is 4.08. The van der Waals surface area contributed by atoms with Crippen LogP contribution in [0.15, 0.2) is 66.7 Å². The molecule has 186 valence electrons. The lowest BCUT2D eigenvalue weighted by molar-refractivity contribution is -0.134. The monoisotopic (exact) mass is 490 g/mol. The number of benzene rings is 3. The van der Waals surface area contributed by atoms with E-state index in [-0.39, 0.29) is 36.3 Å². The summed E-state index contributed by atoms with van der Waals surface area (Å²) in [6, 6.07) is 17.8. The number of ether oxygens (including phenoxy) is 2. The minimum atomic E-state index is -0.822. The Balaban J connectivity index is 1.52. The number of ketones is 1. The van der Waals surface area contributed by atoms with Gasteiger partial charge in [0.15, 0.2) is 30.6 Å². The van der Waals surface area contributed by atoms with Gasteiger partial charge in [0.1, 0.15) is 11.8 Å². The maximum Gasteiger partial charge on any atom is 0.265 e. The smallest absolute Gasteiger partial charge is 0.265 e. The molecule has 36 heavy (non-hydrogen) atoms. The molecule has 1 aliphatic rings. The first-order valence-corrected chi connectivity index (χ1v) is 11.5. The van der Waals surface area contributed by atoms with E-state index in [4.69, 9.17) is 9.47 Å². The topological polar surface area (TPSA) is 76.2 Å². The Bertz CT molecular complexity index is 1290. The van der Waals surface area contributed by atoms with E-state index in [1.807, 2.05) is 30.3 Å². The molecule has 0 aliphatic carbocycles. The summed E-state index contributed by atoms with van der Waals surface area (Å²) >= 11 is 0. The first-order valence-electron chi connectivity index (χ1n) is 11.5. The Morgan fingerprint density at radius 1 is 1.11 bits per heavy atom. The molecule has 0 saturated heterocycles. The van der Waals surface area contributed by atoms with Crippen molar-refractivity contribution in [2.75, 3.05) is 25.2 Å². The van der Waals surface area contributed by atoms with Gasteiger partial charge in [0.2, 0.25) is 5.91 Å². The predicted molar refractivity (Wildman–Crippen MR) is 133 cm³/mol. The zero-order valence-corrected chi connectivity index (χ0v) is 20.4. The summed E-state index contributed by atoms with van der Waals surface area (Å²) in [5, 5.41) is 0. The molecule has 1 heterocycles. The number of carbonyl (C=O) groups excluding carboxylic acids is 3. The van der Waals surface area contributed by atoms with Crippen LogP contribution in [0.3, 0.4) is 0 Å². The number of rotatable bonds is 8. The molecule has 3 aromatic carbocycles. The number of halogens is 1. The van der Waals surface area contributed by atoms with Crippen LogP contribution in [0.4, 0.5) is 10.1 Å². The molecule has 0 saturated carbocycles. The van der Waals surface area contributed by atoms with Gasteiger partial charge in [0, 0.05) is 19.2 Å². The molecule has 3 aromatic rings. The van der Waals surface area contributed by atoms with Crippen LogP contribution in [0.25, 0.3) is 0 Å². The number of hydrogen-bond donors (Lipinski definition) is 0. The number of likely N-dealkylation sites (N-methyl/N-ethyl adjacent to an activating group) is 1. The fourth-order valence-corrected chi connectivity index (χ4v) is 4.08. The van der Waals surface area contributed by atoms with Crippen molar-refractivity contribution in [1.82, 2.24) is 4.90 Å². The maximum absolute atomic E-state index is 14.0. The molecule has 0 bridgehead atoms. The largest absolute Gasteiger partial charge is 0.482 e. The number of anilines is 1. The molecule has 4 rings (SSSR count). The Morgan fingerprint density at radius 3 is 2.61 bits per heavy atom. The van der Waals surface area contributed by atoms with Crippen molar-refractivity contribution >= 4 is 23.3 Å². The fraction of sp³-hybridized carbons (Fsp3) is 0.250. The van der Waals surface area contributed by atoms with Crippen LogP contribution in [0.2, 0.25) is 0 Å². The highest BCUT2D eigenvalue weighted by Gasteiger charge is 2.35. The van der Waals surface area contributed by atoms with Crippen molar-refractivity contribution in [2.45, 2.75) is 26.4 Å². The summed E-state index contributed by atoms with van der Waals surface area (Å²) in [4.78, 5) is 41.8. The Kier molecular flexibility index (Phi) is 7.33. The lowest BCUT2D eigenvalue weighted by Gasteiger charge is -2.35. The Labute approximate surface area is 209 Å². The first kappa shape index (κ1) is 24.9. The quantitative estimate of drug-likeness (QED) is 0.443. The van der Waals surface area contributed by atoms with Crippen molar-refractivity contribution in [3.05, 3.63) is 89.2 Å². The summed E-state index contributed by atoms with van der Waals surface area (Å²) in [7, 11) is 1.68. The van der Waals surface area contributed by atoms with Crippen LogP contribution >= 0.6 is 0 Å². The lowest BCUT2D eigenvalue weighted by Crippen LogP contribution is -2.51. The average Bonchev–Trinajstić information content (AvgIpc) is 2.88. The SMILES string of the molecule is Cc1ccc(F)c(OCC(=O)c2ccc3c(c2)N(C(C)C(=O)N(C)Cc2ccccc2)C(=O)CO3)c1. The second kappa shape index (κ2) is 10.6. The standard InChI is InChI=1S/C28H27FN2O5/c1-18-9-11-22(29)26(13-18)35-16-24(32)21-10-12-25-23(14-21)31(27(33)17-36-25)19(2)28(34)30(3)15-20-7-5-4-6-8-20/h4-14,19H,15-17H2,1-3H3. The summed E-state index contributed by atoms with van der Waals surface area (Å²) in [5.74, 6) is -1.23. The number of nitrogens with zero attached hydrogens (tertiary/aromatic N) is 2. The van der Waals surface area contributed by atoms with Gasteiger partial charge in [-0.25, -0.2) is 4.39 Å². The number of aryl methyl sites for hydroxylation is 1. The van der Waals surface area contributed by atoms with Gasteiger partial charge in [-0.05, 0) is 55.3 Å². The summed E-state index contributed by atoms with van der Waals surface area (Å²) in [6.45, 7) is 3.23. The normalized spacial score (nSPS) is 13.4. The molecule has 8 heteroatoms. The van der Waals surface area contributed by atoms with Crippen molar-refractivity contribution in [2.24, 2.45) is 0 Å². The summed E-state index contributed by atoms with van der Waals surface area (Å²) in [5.41, 5.74) is 2.34. The summed E-state index contributed by atoms with van der Waals surface area (Å²) in [6.07, 6.45) is 0. The predicted octanol–water partition coefficient (Wildman–Crippen LogP) is 4.17. The van der Waals surface area contributed by atoms with Gasteiger partial charge in [0.25, 0.3) is 5.91 Å². The van der Waals surface area contributed by atoms with E-state index in [0.29, 0.717) is 18.0 Å². The average molecular weight is 491 g/mol. The number of fused-ring (bicyclic) bond motifs is 1. The molecule has 0 aromatic heterocycles. The molecular weight excluding hydrogens is 463 g/mol. The highest BCUT2D eigenvalue weighted by Crippen LogP contribution is 2.35. The molecule has 1 aliphatic heterocycles. The van der Waals surface area contributed by atoms with E-state index < -0.39 is 17.6 Å². The minimum Gasteiger partial charge on any atom is -0.482 e. The van der Waals surface area contributed by atoms with Gasteiger partial charge in [-0.1, -0.05) is 36.4 Å². The van der Waals surface area contributed by atoms with Crippen LogP contribution in [0, 0.1) is 12.7 Å². The van der Waals surface area contributed by atoms with Gasteiger partial charge < -0.3 is 14.4 Å². The van der Waals surface area contributed by atoms with Crippen LogP contribution in [-0.4, -0.2) is 48.8 Å². The molecule has 0 spiro atoms. The van der Waals surface area contributed by atoms with Crippen LogP contribution < -0.4 is 14.4 Å². The molecule has 1 atom stereocenters. The molecule has 0 N–H and O–H groups in total. The van der Waals surface area contributed by atoms with E-state index in [1.54, 1.807) is 44.0 Å². The van der Waals surface area contributed by atoms with Crippen molar-refractivity contribution in [3.8, 4) is 11.5 Å². The highest BCUT2D eigenvalue weighted by molar-refractivity contribution is 6.05. The molecule has 0 fully saturated rings. The first-order chi connectivity index (χ1) is 17.2. The molecule has 7 nitrogen and oxygen atoms in total. The number of Topliss-reactive ketones (excluding diaryl/α,β-unsaturated/α-hetero) is 1.